The van der Waals surface area contributed by atoms with Crippen molar-refractivity contribution in [1.82, 2.24) is 0 Å². The summed E-state index contributed by atoms with van der Waals surface area (Å²) in [6, 6.07) is 100. The van der Waals surface area contributed by atoms with Gasteiger partial charge in [0, 0.05) is 76.4 Å². The Labute approximate surface area is 682 Å². The van der Waals surface area contributed by atoms with Crippen molar-refractivity contribution >= 4 is 65.8 Å². The first-order chi connectivity index (χ1) is 56.4. The second kappa shape index (κ2) is 26.2. The van der Waals surface area contributed by atoms with Gasteiger partial charge in [-0.3, -0.25) is 0 Å². The van der Waals surface area contributed by atoms with E-state index in [1.165, 1.54) is 232 Å². The van der Waals surface area contributed by atoms with Crippen LogP contribution in [-0.4, -0.2) is 0 Å². The average molecular weight is 1510 g/mol. The highest BCUT2D eigenvalue weighted by molar-refractivity contribution is 6.22. The zero-order valence-electron chi connectivity index (χ0n) is 68.8. The van der Waals surface area contributed by atoms with Crippen molar-refractivity contribution in [3.63, 3.8) is 0 Å². The molecule has 14 aromatic carbocycles. The largest absolute Gasteiger partial charge is 0.456 e. The summed E-state index contributed by atoms with van der Waals surface area (Å²) < 4.78 is 21.1. The molecule has 17 aromatic rings. The van der Waals surface area contributed by atoms with Crippen LogP contribution in [0.4, 0.5) is 0 Å². The Morgan fingerprint density at radius 1 is 0.267 bits per heavy atom. The molecule has 0 spiro atoms. The summed E-state index contributed by atoms with van der Waals surface area (Å²) in [6.45, 7) is 24.3. The minimum absolute atomic E-state index is 0.0151. The van der Waals surface area contributed by atoms with Gasteiger partial charge in [0.25, 0.3) is 0 Å². The lowest BCUT2D eigenvalue weighted by Gasteiger charge is -2.33. The van der Waals surface area contributed by atoms with Crippen LogP contribution in [0.2, 0.25) is 0 Å². The van der Waals surface area contributed by atoms with Gasteiger partial charge in [-0.05, 0) is 218 Å². The molecular weight excluding hydrogens is 1410 g/mol. The highest BCUT2D eigenvalue weighted by atomic mass is 16.3. The van der Waals surface area contributed by atoms with Crippen LogP contribution in [0, 0.1) is 0 Å². The van der Waals surface area contributed by atoms with E-state index in [2.05, 4.69) is 330 Å². The fraction of sp³-hybridized carbons (Fsp3) is 0.257. The van der Waals surface area contributed by atoms with Crippen molar-refractivity contribution in [3.8, 4) is 89.0 Å². The third kappa shape index (κ3) is 10.3. The predicted octanol–water partition coefficient (Wildman–Crippen LogP) is 32.0. The van der Waals surface area contributed by atoms with Crippen molar-refractivity contribution in [2.75, 3.05) is 0 Å². The van der Waals surface area contributed by atoms with E-state index in [0.29, 0.717) is 0 Å². The fourth-order valence-electron chi connectivity index (χ4n) is 23.2. The van der Waals surface area contributed by atoms with Crippen molar-refractivity contribution in [1.29, 1.82) is 0 Å². The van der Waals surface area contributed by atoms with Gasteiger partial charge >= 0.3 is 0 Å². The van der Waals surface area contributed by atoms with Crippen molar-refractivity contribution < 1.29 is 13.3 Å². The Hall–Kier alpha value is -11.5. The zero-order valence-corrected chi connectivity index (χ0v) is 68.8. The molecule has 0 bridgehead atoms. The maximum atomic E-state index is 7.17. The molecule has 5 aliphatic carbocycles. The minimum atomic E-state index is -0.356. The number of para-hydroxylation sites is 3. The SMILES string of the molecule is CCCCCCCC1(CCCCCCC)c2ccccc2-c2ccc(-c3ccc4c(c3)C(C)(C)c3cc(-c5ccc(-c6cc7c(c8c6oc6ccccc68)-c6ccc(CC(c8ccc9c(c8)C(C)(C)c8c%10c(c%11c(oc%12ccccc%12%11)c8-9)-c8ccccc8C%10(C)C)c8ccc9c(c8)oc8ccccc89)cc6C7(C)C)cc5)ccc3-4)cc21. The smallest absolute Gasteiger partial charge is 0.144 e. The maximum Gasteiger partial charge on any atom is 0.144 e. The van der Waals surface area contributed by atoms with E-state index in [0.717, 1.165) is 67.2 Å². The van der Waals surface area contributed by atoms with Gasteiger partial charge in [0.2, 0.25) is 0 Å². The minimum Gasteiger partial charge on any atom is -0.456 e. The van der Waals surface area contributed by atoms with Crippen molar-refractivity contribution in [2.45, 2.75) is 186 Å². The molecule has 3 heterocycles. The summed E-state index contributed by atoms with van der Waals surface area (Å²) >= 11 is 0. The Balaban J connectivity index is 0.595. The molecule has 0 amide bonds. The molecule has 0 N–H and O–H groups in total. The molecule has 0 radical (unpaired) electrons. The summed E-state index contributed by atoms with van der Waals surface area (Å²) in [5.74, 6) is -0.0151. The van der Waals surface area contributed by atoms with Crippen LogP contribution in [0.15, 0.2) is 274 Å². The van der Waals surface area contributed by atoms with E-state index in [1.807, 2.05) is 0 Å². The molecule has 0 fully saturated rings. The normalized spacial score (nSPS) is 15.7. The van der Waals surface area contributed by atoms with E-state index in [-0.39, 0.29) is 33.0 Å². The number of fused-ring (bicyclic) bond motifs is 28. The molecule has 3 heteroatoms. The number of hydrogen-bond donors (Lipinski definition) is 0. The molecule has 5 aliphatic rings. The molecule has 3 nitrogen and oxygen atoms in total. The lowest BCUT2D eigenvalue weighted by Crippen LogP contribution is -2.25. The van der Waals surface area contributed by atoms with Crippen LogP contribution < -0.4 is 0 Å². The quantitative estimate of drug-likeness (QED) is 0.0758. The second-order valence-electron chi connectivity index (χ2n) is 37.1. The number of furan rings is 3. The second-order valence-corrected chi connectivity index (χ2v) is 37.1. The van der Waals surface area contributed by atoms with E-state index in [9.17, 15) is 0 Å². The average Bonchev–Trinajstić information content (AvgIpc) is 1.48. The molecule has 570 valence electrons. The van der Waals surface area contributed by atoms with Gasteiger partial charge in [0.15, 0.2) is 0 Å². The lowest BCUT2D eigenvalue weighted by atomic mass is 9.70. The van der Waals surface area contributed by atoms with Gasteiger partial charge in [-0.1, -0.05) is 346 Å². The molecule has 3 aromatic heterocycles. The first-order valence-corrected chi connectivity index (χ1v) is 43.4. The van der Waals surface area contributed by atoms with Gasteiger partial charge < -0.3 is 13.3 Å². The van der Waals surface area contributed by atoms with Gasteiger partial charge in [0.05, 0.1) is 0 Å². The highest BCUT2D eigenvalue weighted by Gasteiger charge is 2.50. The molecule has 0 saturated heterocycles. The summed E-state index contributed by atoms with van der Waals surface area (Å²) in [5, 5.41) is 7.02. The Kier molecular flexibility index (Phi) is 16.1. The Bertz CT molecular complexity index is 6950. The standard InChI is InChI=1S/C113H100O3/c1-11-13-15-17-29-57-113(58-30-18-16-14-12-2)89-37-25-19-31-75(89)78-54-48-72(63-94(78)113)71-47-53-77-76-52-46-70(61-91(76)109(3,4)92(77)62-71)68-42-44-69(45-43-68)87-66-95-100(102-84-34-22-27-39-97(84)115-107(87)102)82-51-41-67(60-90(82)110(95,5)6)59-86(74-49-55-80-79-32-21-26-38-96(79)114-99(80)65-74)73-50-56-83-93(64-73)112(9,10)106-104(83)108-103(85-35-23-28-40-98(85)116-108)101-81-33-20-24-36-88(81)111(7,8)105(101)106/h19-28,31-56,60-66,86H,11-18,29-30,57-59H2,1-10H3. The number of unbranched alkanes of at least 4 members (excludes halogenated alkanes) is 8. The first-order valence-electron chi connectivity index (χ1n) is 43.4. The van der Waals surface area contributed by atoms with Crippen LogP contribution in [0.3, 0.4) is 0 Å². The van der Waals surface area contributed by atoms with E-state index >= 15 is 0 Å². The van der Waals surface area contributed by atoms with Crippen LogP contribution in [0.1, 0.15) is 225 Å². The van der Waals surface area contributed by atoms with Crippen molar-refractivity contribution in [2.24, 2.45) is 0 Å². The summed E-state index contributed by atoms with van der Waals surface area (Å²) in [7, 11) is 0. The highest BCUT2D eigenvalue weighted by Crippen LogP contribution is 2.65. The summed E-state index contributed by atoms with van der Waals surface area (Å²) in [5.41, 5.74) is 43.1. The molecule has 22 rings (SSSR count). The van der Waals surface area contributed by atoms with Gasteiger partial charge in [-0.15, -0.1) is 0 Å². The van der Waals surface area contributed by atoms with E-state index < -0.39 is 0 Å². The monoisotopic (exact) mass is 1500 g/mol. The Morgan fingerprint density at radius 2 is 0.707 bits per heavy atom. The number of benzene rings is 14. The van der Waals surface area contributed by atoms with Gasteiger partial charge in [-0.2, -0.15) is 0 Å². The van der Waals surface area contributed by atoms with Gasteiger partial charge in [-0.25, -0.2) is 0 Å². The van der Waals surface area contributed by atoms with Crippen LogP contribution in [0.5, 0.6) is 0 Å². The lowest BCUT2D eigenvalue weighted by molar-refractivity contribution is 0.399. The first kappa shape index (κ1) is 71.1. The molecule has 0 aliphatic heterocycles. The molecule has 116 heavy (non-hydrogen) atoms. The van der Waals surface area contributed by atoms with E-state index in [1.54, 1.807) is 11.1 Å². The van der Waals surface area contributed by atoms with Crippen molar-refractivity contribution in [3.05, 3.63) is 333 Å². The third-order valence-corrected chi connectivity index (χ3v) is 29.1. The Morgan fingerprint density at radius 3 is 1.38 bits per heavy atom. The number of hydrogen-bond acceptors (Lipinski definition) is 3. The van der Waals surface area contributed by atoms with Crippen LogP contribution in [0.25, 0.3) is 155 Å². The van der Waals surface area contributed by atoms with Crippen LogP contribution >= 0.6 is 0 Å². The van der Waals surface area contributed by atoms with Crippen LogP contribution in [-0.2, 0) is 33.5 Å². The fourth-order valence-corrected chi connectivity index (χ4v) is 23.2. The van der Waals surface area contributed by atoms with Gasteiger partial charge in [0.1, 0.15) is 33.5 Å². The summed E-state index contributed by atoms with van der Waals surface area (Å²) in [6.07, 6.45) is 16.3. The maximum absolute atomic E-state index is 7.17. The topological polar surface area (TPSA) is 39.4 Å². The predicted molar refractivity (Wildman–Crippen MR) is 486 cm³/mol. The van der Waals surface area contributed by atoms with E-state index in [4.69, 9.17) is 13.3 Å². The number of rotatable bonds is 19. The molecule has 1 unspecified atom stereocenters. The molecule has 0 saturated carbocycles. The third-order valence-electron chi connectivity index (χ3n) is 29.1. The zero-order chi connectivity index (χ0) is 78.5. The molecular formula is C113H100O3. The molecule has 1 atom stereocenters. The summed E-state index contributed by atoms with van der Waals surface area (Å²) in [4.78, 5) is 0.